The predicted molar refractivity (Wildman–Crippen MR) is 130 cm³/mol. The first-order valence-corrected chi connectivity index (χ1v) is 13.2. The summed E-state index contributed by atoms with van der Waals surface area (Å²) in [6.07, 6.45) is 4.75. The summed E-state index contributed by atoms with van der Waals surface area (Å²) in [6.45, 7) is 9.79. The van der Waals surface area contributed by atoms with Gasteiger partial charge in [-0.2, -0.15) is 13.5 Å². The van der Waals surface area contributed by atoms with Crippen molar-refractivity contribution in [3.63, 3.8) is 0 Å². The van der Waals surface area contributed by atoms with E-state index in [1.807, 2.05) is 7.05 Å². The maximum absolute atomic E-state index is 13.4. The number of likely N-dealkylation sites (N-methyl/N-ethyl adjacent to an activating group) is 1. The van der Waals surface area contributed by atoms with Gasteiger partial charge < -0.3 is 4.90 Å². The number of urea groups is 1. The van der Waals surface area contributed by atoms with Crippen molar-refractivity contribution in [1.82, 2.24) is 19.4 Å². The van der Waals surface area contributed by atoms with Crippen LogP contribution in [0.15, 0.2) is 18.5 Å². The van der Waals surface area contributed by atoms with Gasteiger partial charge in [-0.3, -0.25) is 10.00 Å². The van der Waals surface area contributed by atoms with Crippen LogP contribution in [0.2, 0.25) is 0 Å². The molecule has 3 heterocycles. The Labute approximate surface area is 195 Å². The summed E-state index contributed by atoms with van der Waals surface area (Å²) in [7, 11) is -0.448. The van der Waals surface area contributed by atoms with Crippen LogP contribution in [0.4, 0.5) is 15.5 Å². The Morgan fingerprint density at radius 1 is 1.25 bits per heavy atom. The first kappa shape index (κ1) is 24.5. The largest absolute Gasteiger partial charge is 0.334 e. The zero-order valence-electron chi connectivity index (χ0n) is 19.6. The SMILES string of the molecule is CC(C)c1cc(C(C)C)c(NC(=O)NS(=O)(=O)N(c2cnn(C)c2)C2CCCN(C)C2)s1. The van der Waals surface area contributed by atoms with Gasteiger partial charge in [0.15, 0.2) is 0 Å². The van der Waals surface area contributed by atoms with Gasteiger partial charge in [0.2, 0.25) is 0 Å². The number of nitrogens with one attached hydrogen (secondary N) is 2. The maximum atomic E-state index is 13.4. The van der Waals surface area contributed by atoms with E-state index in [9.17, 15) is 13.2 Å². The third kappa shape index (κ3) is 5.62. The minimum Gasteiger partial charge on any atom is -0.304 e. The van der Waals surface area contributed by atoms with E-state index in [0.29, 0.717) is 29.6 Å². The molecule has 1 aliphatic rings. The number of aryl methyl sites for hydroxylation is 1. The number of aromatic nitrogens is 2. The highest BCUT2D eigenvalue weighted by molar-refractivity contribution is 7.91. The smallest absolute Gasteiger partial charge is 0.304 e. The third-order valence-corrected chi connectivity index (χ3v) is 8.39. The number of amides is 2. The highest BCUT2D eigenvalue weighted by Crippen LogP contribution is 2.37. The molecule has 0 bridgehead atoms. The van der Waals surface area contributed by atoms with E-state index >= 15 is 0 Å². The minimum atomic E-state index is -4.15. The van der Waals surface area contributed by atoms with Crippen molar-refractivity contribution in [2.75, 3.05) is 29.8 Å². The molecule has 9 nitrogen and oxygen atoms in total. The quantitative estimate of drug-likeness (QED) is 0.627. The summed E-state index contributed by atoms with van der Waals surface area (Å²) >= 11 is 1.49. The van der Waals surface area contributed by atoms with Gasteiger partial charge in [-0.15, -0.1) is 11.3 Å². The van der Waals surface area contributed by atoms with Crippen LogP contribution in [0.1, 0.15) is 62.8 Å². The topological polar surface area (TPSA) is 99.6 Å². The average Bonchev–Trinajstić information content (AvgIpc) is 3.27. The van der Waals surface area contributed by atoms with E-state index in [-0.39, 0.29) is 12.0 Å². The second-order valence-corrected chi connectivity index (χ2v) is 11.7. The Hall–Kier alpha value is -2.11. The lowest BCUT2D eigenvalue weighted by molar-refractivity contribution is 0.251. The molecule has 2 aromatic rings. The first-order chi connectivity index (χ1) is 15.0. The highest BCUT2D eigenvalue weighted by Gasteiger charge is 2.35. The van der Waals surface area contributed by atoms with Crippen molar-refractivity contribution in [3.8, 4) is 0 Å². The molecule has 1 atom stereocenters. The van der Waals surface area contributed by atoms with Crippen molar-refractivity contribution in [1.29, 1.82) is 0 Å². The van der Waals surface area contributed by atoms with Crippen LogP contribution >= 0.6 is 11.3 Å². The molecule has 11 heteroatoms. The van der Waals surface area contributed by atoms with Crippen molar-refractivity contribution in [2.24, 2.45) is 7.05 Å². The van der Waals surface area contributed by atoms with E-state index in [2.05, 4.69) is 53.8 Å². The van der Waals surface area contributed by atoms with Crippen LogP contribution < -0.4 is 14.3 Å². The van der Waals surface area contributed by atoms with Crippen molar-refractivity contribution in [2.45, 2.75) is 58.4 Å². The number of nitrogens with zero attached hydrogens (tertiary/aromatic N) is 4. The van der Waals surface area contributed by atoms with Gasteiger partial charge in [-0.1, -0.05) is 27.7 Å². The zero-order valence-corrected chi connectivity index (χ0v) is 21.3. The van der Waals surface area contributed by atoms with Crippen LogP contribution in [-0.4, -0.2) is 55.3 Å². The lowest BCUT2D eigenvalue weighted by Crippen LogP contribution is -2.54. The summed E-state index contributed by atoms with van der Waals surface area (Å²) in [5.41, 5.74) is 1.44. The van der Waals surface area contributed by atoms with Gasteiger partial charge >= 0.3 is 16.2 Å². The molecule has 0 radical (unpaired) electrons. The van der Waals surface area contributed by atoms with Gasteiger partial charge in [0.1, 0.15) is 5.00 Å². The standard InChI is InChI=1S/C21H34N6O3S2/c1-14(2)18-10-19(15(3)4)31-20(18)23-21(28)24-32(29,30)27(17-11-22-26(6)13-17)16-8-7-9-25(5)12-16/h10-11,13-16H,7-9,12H2,1-6H3,(H2,23,24,28). The molecule has 0 saturated carbocycles. The number of carbonyl (C=O) groups is 1. The average molecular weight is 483 g/mol. The number of hydrogen-bond donors (Lipinski definition) is 2. The normalized spacial score (nSPS) is 17.7. The summed E-state index contributed by atoms with van der Waals surface area (Å²) in [6, 6.07) is 1.04. The second kappa shape index (κ2) is 9.80. The fraction of sp³-hybridized carbons (Fsp3) is 0.619. The number of thiophene rings is 1. The first-order valence-electron chi connectivity index (χ1n) is 10.9. The molecule has 2 N–H and O–H groups in total. The molecule has 1 saturated heterocycles. The van der Waals surface area contributed by atoms with Crippen LogP contribution in [0.25, 0.3) is 0 Å². The molecule has 0 spiro atoms. The van der Waals surface area contributed by atoms with Crippen LogP contribution in [0.5, 0.6) is 0 Å². The Balaban J connectivity index is 1.84. The number of likely N-dealkylation sites (tertiary alicyclic amines) is 1. The molecular formula is C21H34N6O3S2. The zero-order chi connectivity index (χ0) is 23.6. The van der Waals surface area contributed by atoms with Gasteiger partial charge in [-0.25, -0.2) is 13.8 Å². The van der Waals surface area contributed by atoms with Crippen LogP contribution in [0.3, 0.4) is 0 Å². The lowest BCUT2D eigenvalue weighted by Gasteiger charge is -2.37. The molecule has 1 fully saturated rings. The summed E-state index contributed by atoms with van der Waals surface area (Å²) in [4.78, 5) is 16.1. The fourth-order valence-electron chi connectivity index (χ4n) is 3.93. The molecule has 32 heavy (non-hydrogen) atoms. The predicted octanol–water partition coefficient (Wildman–Crippen LogP) is 3.70. The number of anilines is 2. The Bertz CT molecular complexity index is 1040. The van der Waals surface area contributed by atoms with Gasteiger partial charge in [0, 0.05) is 24.7 Å². The number of rotatable bonds is 7. The lowest BCUT2D eigenvalue weighted by atomic mass is 10.0. The van der Waals surface area contributed by atoms with E-state index in [4.69, 9.17) is 0 Å². The molecule has 0 aliphatic carbocycles. The monoisotopic (exact) mass is 482 g/mol. The third-order valence-electron chi connectivity index (χ3n) is 5.56. The second-order valence-electron chi connectivity index (χ2n) is 9.03. The van der Waals surface area contributed by atoms with E-state index in [0.717, 1.165) is 23.4 Å². The maximum Gasteiger partial charge on any atom is 0.334 e. The van der Waals surface area contributed by atoms with Gasteiger partial charge in [0.05, 0.1) is 17.9 Å². The Morgan fingerprint density at radius 2 is 1.97 bits per heavy atom. The van der Waals surface area contributed by atoms with E-state index in [1.54, 1.807) is 17.9 Å². The number of carbonyl (C=O) groups excluding carboxylic acids is 1. The highest BCUT2D eigenvalue weighted by atomic mass is 32.2. The van der Waals surface area contributed by atoms with Gasteiger partial charge in [-0.05, 0) is 49.9 Å². The fourth-order valence-corrected chi connectivity index (χ4v) is 6.46. The molecule has 3 rings (SSSR count). The number of piperidine rings is 1. The van der Waals surface area contributed by atoms with Crippen LogP contribution in [-0.2, 0) is 17.3 Å². The molecule has 1 aliphatic heterocycles. The van der Waals surface area contributed by atoms with Crippen molar-refractivity contribution < 1.29 is 13.2 Å². The molecule has 0 aromatic carbocycles. The molecule has 2 aromatic heterocycles. The van der Waals surface area contributed by atoms with Crippen molar-refractivity contribution in [3.05, 3.63) is 28.9 Å². The summed E-state index contributed by atoms with van der Waals surface area (Å²) < 4.78 is 31.8. The summed E-state index contributed by atoms with van der Waals surface area (Å²) in [5, 5.41) is 7.59. The van der Waals surface area contributed by atoms with Crippen molar-refractivity contribution >= 4 is 38.3 Å². The molecule has 1 unspecified atom stereocenters. The minimum absolute atomic E-state index is 0.204. The van der Waals surface area contributed by atoms with Gasteiger partial charge in [0.25, 0.3) is 0 Å². The van der Waals surface area contributed by atoms with Crippen LogP contribution in [0, 0.1) is 0 Å². The molecule has 178 valence electrons. The van der Waals surface area contributed by atoms with E-state index < -0.39 is 16.2 Å². The van der Waals surface area contributed by atoms with E-state index in [1.165, 1.54) is 21.8 Å². The Kier molecular flexibility index (Phi) is 7.51. The summed E-state index contributed by atoms with van der Waals surface area (Å²) in [5.74, 6) is 0.527. The molecule has 2 amide bonds. The Morgan fingerprint density at radius 3 is 2.53 bits per heavy atom. The molecular weight excluding hydrogens is 448 g/mol. The number of hydrogen-bond acceptors (Lipinski definition) is 6.